The van der Waals surface area contributed by atoms with Crippen LogP contribution in [-0.2, 0) is 17.4 Å². The van der Waals surface area contributed by atoms with Gasteiger partial charge in [-0.3, -0.25) is 0 Å². The molecule has 1 rings (SSSR count). The first-order valence-corrected chi connectivity index (χ1v) is 6.17. The van der Waals surface area contributed by atoms with Crippen LogP contribution in [0.2, 0.25) is 0 Å². The number of ketones is 1. The van der Waals surface area contributed by atoms with E-state index in [1.807, 2.05) is 0 Å². The highest BCUT2D eigenvalue weighted by atomic mass is 19.4. The molecular formula is C14H17F3O2. The van der Waals surface area contributed by atoms with Gasteiger partial charge in [-0.25, -0.2) is 0 Å². The Kier molecular flexibility index (Phi) is 5.39. The molecular weight excluding hydrogens is 257 g/mol. The van der Waals surface area contributed by atoms with E-state index in [4.69, 9.17) is 4.74 Å². The van der Waals surface area contributed by atoms with Gasteiger partial charge in [-0.15, -0.1) is 0 Å². The summed E-state index contributed by atoms with van der Waals surface area (Å²) in [6.07, 6.45) is -3.07. The lowest BCUT2D eigenvalue weighted by atomic mass is 10.0. The molecule has 0 unspecified atom stereocenters. The predicted molar refractivity (Wildman–Crippen MR) is 66.2 cm³/mol. The summed E-state index contributed by atoms with van der Waals surface area (Å²) in [4.78, 5) is 10.9. The Bertz CT molecular complexity index is 439. The monoisotopic (exact) mass is 274 g/mol. The minimum Gasteiger partial charge on any atom is -0.494 e. The Morgan fingerprint density at radius 1 is 1.32 bits per heavy atom. The number of Topliss-reactive ketones (excluding diaryl/α,β-unsaturated/α-hetero) is 1. The van der Waals surface area contributed by atoms with Crippen molar-refractivity contribution in [3.63, 3.8) is 0 Å². The van der Waals surface area contributed by atoms with Crippen LogP contribution in [0, 0.1) is 0 Å². The number of carbonyl (C=O) groups is 1. The van der Waals surface area contributed by atoms with Crippen molar-refractivity contribution in [3.05, 3.63) is 29.3 Å². The molecule has 0 heterocycles. The van der Waals surface area contributed by atoms with Crippen molar-refractivity contribution in [2.24, 2.45) is 0 Å². The molecule has 0 amide bonds. The van der Waals surface area contributed by atoms with E-state index in [2.05, 4.69) is 0 Å². The summed E-state index contributed by atoms with van der Waals surface area (Å²) in [5, 5.41) is 0. The van der Waals surface area contributed by atoms with Crippen molar-refractivity contribution in [2.75, 3.05) is 6.61 Å². The zero-order valence-corrected chi connectivity index (χ0v) is 11.0. The lowest BCUT2D eigenvalue weighted by Crippen LogP contribution is -2.07. The summed E-state index contributed by atoms with van der Waals surface area (Å²) in [6, 6.07) is 3.46. The number of rotatable bonds is 6. The van der Waals surface area contributed by atoms with Crippen molar-refractivity contribution in [1.82, 2.24) is 0 Å². The van der Waals surface area contributed by atoms with E-state index in [9.17, 15) is 18.0 Å². The Balaban J connectivity index is 2.91. The van der Waals surface area contributed by atoms with Gasteiger partial charge in [-0.1, -0.05) is 0 Å². The quantitative estimate of drug-likeness (QED) is 0.783. The normalized spacial score (nSPS) is 11.4. The van der Waals surface area contributed by atoms with Gasteiger partial charge >= 0.3 is 6.18 Å². The van der Waals surface area contributed by atoms with E-state index < -0.39 is 11.7 Å². The molecule has 1 aromatic carbocycles. The maximum Gasteiger partial charge on any atom is 0.416 e. The Morgan fingerprint density at radius 3 is 2.53 bits per heavy atom. The topological polar surface area (TPSA) is 26.3 Å². The van der Waals surface area contributed by atoms with Crippen LogP contribution in [0.3, 0.4) is 0 Å². The summed E-state index contributed by atoms with van der Waals surface area (Å²) in [6.45, 7) is 3.64. The molecule has 0 aromatic heterocycles. The molecule has 0 saturated carbocycles. The second-order valence-electron chi connectivity index (χ2n) is 4.31. The van der Waals surface area contributed by atoms with Crippen molar-refractivity contribution in [1.29, 1.82) is 0 Å². The van der Waals surface area contributed by atoms with Crippen LogP contribution < -0.4 is 4.74 Å². The highest BCUT2D eigenvalue weighted by molar-refractivity contribution is 5.75. The third-order valence-corrected chi connectivity index (χ3v) is 2.66. The molecule has 0 saturated heterocycles. The van der Waals surface area contributed by atoms with Crippen LogP contribution in [0.1, 0.15) is 37.8 Å². The second kappa shape index (κ2) is 6.59. The second-order valence-corrected chi connectivity index (χ2v) is 4.31. The highest BCUT2D eigenvalue weighted by Crippen LogP contribution is 2.33. The van der Waals surface area contributed by atoms with Gasteiger partial charge < -0.3 is 9.53 Å². The number of alkyl halides is 3. The van der Waals surface area contributed by atoms with Gasteiger partial charge in [0, 0.05) is 6.42 Å². The fourth-order valence-electron chi connectivity index (χ4n) is 1.78. The summed E-state index contributed by atoms with van der Waals surface area (Å²) in [5.74, 6) is 0.490. The fourth-order valence-corrected chi connectivity index (χ4v) is 1.78. The molecule has 1 aromatic rings. The first-order valence-electron chi connectivity index (χ1n) is 6.17. The summed E-state index contributed by atoms with van der Waals surface area (Å²) in [7, 11) is 0. The van der Waals surface area contributed by atoms with Gasteiger partial charge in [-0.2, -0.15) is 13.2 Å². The third-order valence-electron chi connectivity index (χ3n) is 2.66. The van der Waals surface area contributed by atoms with Crippen molar-refractivity contribution in [2.45, 2.75) is 39.3 Å². The average molecular weight is 274 g/mol. The van der Waals surface area contributed by atoms with E-state index in [0.717, 1.165) is 12.1 Å². The van der Waals surface area contributed by atoms with Crippen LogP contribution in [0.15, 0.2) is 18.2 Å². The zero-order chi connectivity index (χ0) is 14.5. The molecule has 5 heteroatoms. The van der Waals surface area contributed by atoms with E-state index >= 15 is 0 Å². The van der Waals surface area contributed by atoms with E-state index in [1.54, 1.807) is 6.92 Å². The number of carbonyl (C=O) groups excluding carboxylic acids is 1. The number of halogens is 3. The molecule has 0 aliphatic carbocycles. The molecule has 0 aliphatic rings. The molecule has 106 valence electrons. The van der Waals surface area contributed by atoms with Gasteiger partial charge in [0.1, 0.15) is 11.5 Å². The lowest BCUT2D eigenvalue weighted by Gasteiger charge is -2.13. The Labute approximate surface area is 110 Å². The zero-order valence-electron chi connectivity index (χ0n) is 11.0. The standard InChI is InChI=1S/C14H17F3O2/c1-3-19-13-8-7-12(14(15,16)17)9-11(13)6-4-5-10(2)18/h7-9H,3-6H2,1-2H3. The molecule has 0 radical (unpaired) electrons. The van der Waals surface area contributed by atoms with Crippen LogP contribution in [-0.4, -0.2) is 12.4 Å². The van der Waals surface area contributed by atoms with Crippen molar-refractivity contribution >= 4 is 5.78 Å². The Morgan fingerprint density at radius 2 is 2.00 bits per heavy atom. The highest BCUT2D eigenvalue weighted by Gasteiger charge is 2.31. The SMILES string of the molecule is CCOc1ccc(C(F)(F)F)cc1CCCC(C)=O. The van der Waals surface area contributed by atoms with Crippen LogP contribution in [0.4, 0.5) is 13.2 Å². The predicted octanol–water partition coefficient (Wildman–Crippen LogP) is 4.02. The number of hydrogen-bond acceptors (Lipinski definition) is 2. The summed E-state index contributed by atoms with van der Waals surface area (Å²) >= 11 is 0. The smallest absolute Gasteiger partial charge is 0.416 e. The molecule has 0 atom stereocenters. The maximum absolute atomic E-state index is 12.6. The van der Waals surface area contributed by atoms with Gasteiger partial charge in [0.2, 0.25) is 0 Å². The average Bonchev–Trinajstić information content (AvgIpc) is 2.29. The lowest BCUT2D eigenvalue weighted by molar-refractivity contribution is -0.137. The number of hydrogen-bond donors (Lipinski definition) is 0. The van der Waals surface area contributed by atoms with E-state index in [1.165, 1.54) is 13.0 Å². The van der Waals surface area contributed by atoms with Crippen LogP contribution in [0.25, 0.3) is 0 Å². The number of ether oxygens (including phenoxy) is 1. The summed E-state index contributed by atoms with van der Waals surface area (Å²) < 4.78 is 43.2. The van der Waals surface area contributed by atoms with Crippen LogP contribution in [0.5, 0.6) is 5.75 Å². The molecule has 0 N–H and O–H groups in total. The molecule has 0 aliphatic heterocycles. The molecule has 19 heavy (non-hydrogen) atoms. The third kappa shape index (κ3) is 4.93. The van der Waals surface area contributed by atoms with Crippen molar-refractivity contribution in [3.8, 4) is 5.75 Å². The molecule has 0 spiro atoms. The molecule has 0 bridgehead atoms. The van der Waals surface area contributed by atoms with Gasteiger partial charge in [0.25, 0.3) is 0 Å². The van der Waals surface area contributed by atoms with E-state index in [-0.39, 0.29) is 5.78 Å². The van der Waals surface area contributed by atoms with Gasteiger partial charge in [0.05, 0.1) is 12.2 Å². The van der Waals surface area contributed by atoms with Crippen molar-refractivity contribution < 1.29 is 22.7 Å². The molecule has 2 nitrogen and oxygen atoms in total. The van der Waals surface area contributed by atoms with Crippen LogP contribution >= 0.6 is 0 Å². The first-order chi connectivity index (χ1) is 8.84. The number of aryl methyl sites for hydroxylation is 1. The maximum atomic E-state index is 12.6. The minimum atomic E-state index is -4.36. The largest absolute Gasteiger partial charge is 0.494 e. The first kappa shape index (κ1) is 15.5. The van der Waals surface area contributed by atoms with Gasteiger partial charge in [-0.05, 0) is 50.5 Å². The number of benzene rings is 1. The summed E-state index contributed by atoms with van der Waals surface area (Å²) in [5.41, 5.74) is -0.188. The fraction of sp³-hybridized carbons (Fsp3) is 0.500. The minimum absolute atomic E-state index is 0.0323. The Hall–Kier alpha value is -1.52. The van der Waals surface area contributed by atoms with E-state index in [0.29, 0.717) is 37.2 Å². The molecule has 0 fully saturated rings. The van der Waals surface area contributed by atoms with Gasteiger partial charge in [0.15, 0.2) is 0 Å².